The van der Waals surface area contributed by atoms with Crippen LogP contribution in [0.3, 0.4) is 0 Å². The van der Waals surface area contributed by atoms with E-state index in [0.717, 1.165) is 89.9 Å². The molecule has 0 aromatic heterocycles. The molecule has 0 bridgehead atoms. The van der Waals surface area contributed by atoms with Gasteiger partial charge in [0.05, 0.1) is 25.2 Å². The minimum absolute atomic E-state index is 0.0152. The number of esters is 1. The summed E-state index contributed by atoms with van der Waals surface area (Å²) in [6.45, 7) is 6.34. The van der Waals surface area contributed by atoms with E-state index in [2.05, 4.69) is 99.0 Å². The van der Waals surface area contributed by atoms with Crippen molar-refractivity contribution in [2.75, 3.05) is 6.61 Å². The number of ether oxygens (including phenoxy) is 1. The smallest absolute Gasteiger partial charge is 0.306 e. The fraction of sp³-hybridized carbons (Fsp3) is 0.672. The lowest BCUT2D eigenvalue weighted by molar-refractivity contribution is -0.150. The van der Waals surface area contributed by atoms with Crippen LogP contribution in [0.5, 0.6) is 0 Å². The van der Waals surface area contributed by atoms with Gasteiger partial charge in [0.1, 0.15) is 6.10 Å². The van der Waals surface area contributed by atoms with Crippen molar-refractivity contribution in [3.8, 4) is 0 Å². The van der Waals surface area contributed by atoms with Gasteiger partial charge in [-0.15, -0.1) is 0 Å². The molecular formula is C61H103NO5. The van der Waals surface area contributed by atoms with E-state index in [9.17, 15) is 19.8 Å². The van der Waals surface area contributed by atoms with E-state index in [0.29, 0.717) is 19.3 Å². The van der Waals surface area contributed by atoms with Crippen LogP contribution in [0.25, 0.3) is 0 Å². The van der Waals surface area contributed by atoms with E-state index in [4.69, 9.17) is 4.74 Å². The Morgan fingerprint density at radius 1 is 0.463 bits per heavy atom. The fourth-order valence-electron chi connectivity index (χ4n) is 7.73. The number of carbonyl (C=O) groups is 2. The third-order valence-corrected chi connectivity index (χ3v) is 11.9. The van der Waals surface area contributed by atoms with Crippen molar-refractivity contribution in [1.29, 1.82) is 0 Å². The van der Waals surface area contributed by atoms with E-state index < -0.39 is 18.2 Å². The summed E-state index contributed by atoms with van der Waals surface area (Å²) in [6, 6.07) is -0.744. The molecule has 3 unspecified atom stereocenters. The fourth-order valence-corrected chi connectivity index (χ4v) is 7.73. The van der Waals surface area contributed by atoms with Crippen molar-refractivity contribution in [1.82, 2.24) is 5.32 Å². The summed E-state index contributed by atoms with van der Waals surface area (Å²) >= 11 is 0. The van der Waals surface area contributed by atoms with Crippen LogP contribution in [-0.4, -0.2) is 46.9 Å². The number of aliphatic hydroxyl groups is 2. The molecular weight excluding hydrogens is 827 g/mol. The average molecular weight is 930 g/mol. The first-order valence-electron chi connectivity index (χ1n) is 27.7. The predicted molar refractivity (Wildman–Crippen MR) is 291 cm³/mol. The molecule has 3 N–H and O–H groups in total. The Kier molecular flexibility index (Phi) is 50.7. The Morgan fingerprint density at radius 3 is 1.42 bits per heavy atom. The zero-order valence-corrected chi connectivity index (χ0v) is 43.5. The highest BCUT2D eigenvalue weighted by Crippen LogP contribution is 2.16. The number of allylic oxidation sites excluding steroid dienone is 17. The van der Waals surface area contributed by atoms with Crippen molar-refractivity contribution < 1.29 is 24.5 Å². The Bertz CT molecular complexity index is 1370. The maximum atomic E-state index is 13.2. The van der Waals surface area contributed by atoms with Gasteiger partial charge in [-0.05, 0) is 64.2 Å². The summed E-state index contributed by atoms with van der Waals surface area (Å²) in [6.07, 6.45) is 73.0. The van der Waals surface area contributed by atoms with E-state index in [1.807, 2.05) is 36.5 Å². The maximum Gasteiger partial charge on any atom is 0.306 e. The Balaban J connectivity index is 4.75. The van der Waals surface area contributed by atoms with E-state index in [1.54, 1.807) is 0 Å². The number of aliphatic hydroxyl groups excluding tert-OH is 2. The topological polar surface area (TPSA) is 95.9 Å². The van der Waals surface area contributed by atoms with E-state index in [-0.39, 0.29) is 24.9 Å². The summed E-state index contributed by atoms with van der Waals surface area (Å²) in [5, 5.41) is 23.8. The second kappa shape index (κ2) is 53.5. The van der Waals surface area contributed by atoms with Gasteiger partial charge in [-0.1, -0.05) is 265 Å². The van der Waals surface area contributed by atoms with Crippen LogP contribution in [0.4, 0.5) is 0 Å². The lowest BCUT2D eigenvalue weighted by Gasteiger charge is -2.24. The SMILES string of the molecule is CCC/C=C/C=C/C=C/C=C/C=C/CCCCCCCC(=O)OC(C/C=C\C/C=C\C/C=C\C/C=C\CCCCC)CC(=O)NC(CO)C(O)CCCCCCCCCCCCCCCCC. The molecule has 0 aromatic rings. The number of nitrogens with one attached hydrogen (secondary N) is 1. The molecule has 1 amide bonds. The number of unbranched alkanes of at least 4 members (excludes halogenated alkanes) is 23. The quantitative estimate of drug-likeness (QED) is 0.0244. The minimum Gasteiger partial charge on any atom is -0.461 e. The second-order valence-electron chi connectivity index (χ2n) is 18.4. The molecule has 0 aliphatic carbocycles. The van der Waals surface area contributed by atoms with Crippen molar-refractivity contribution in [2.24, 2.45) is 0 Å². The van der Waals surface area contributed by atoms with Gasteiger partial charge in [-0.2, -0.15) is 0 Å². The molecule has 0 aliphatic rings. The molecule has 0 rings (SSSR count). The van der Waals surface area contributed by atoms with Gasteiger partial charge in [0.25, 0.3) is 0 Å². The second-order valence-corrected chi connectivity index (χ2v) is 18.4. The average Bonchev–Trinajstić information content (AvgIpc) is 3.32. The first kappa shape index (κ1) is 63.5. The number of hydrogen-bond acceptors (Lipinski definition) is 5. The van der Waals surface area contributed by atoms with Gasteiger partial charge in [-0.25, -0.2) is 0 Å². The number of amides is 1. The Morgan fingerprint density at radius 2 is 0.881 bits per heavy atom. The zero-order chi connectivity index (χ0) is 48.8. The zero-order valence-electron chi connectivity index (χ0n) is 43.5. The molecule has 0 heterocycles. The first-order chi connectivity index (χ1) is 33.0. The van der Waals surface area contributed by atoms with Crippen molar-refractivity contribution in [3.05, 3.63) is 109 Å². The van der Waals surface area contributed by atoms with Gasteiger partial charge in [0.2, 0.25) is 5.91 Å². The van der Waals surface area contributed by atoms with Crippen molar-refractivity contribution >= 4 is 11.9 Å². The van der Waals surface area contributed by atoms with Gasteiger partial charge in [-0.3, -0.25) is 9.59 Å². The maximum absolute atomic E-state index is 13.2. The summed E-state index contributed by atoms with van der Waals surface area (Å²) in [5.41, 5.74) is 0. The van der Waals surface area contributed by atoms with Crippen LogP contribution < -0.4 is 5.32 Å². The molecule has 0 fully saturated rings. The van der Waals surface area contributed by atoms with Crippen LogP contribution in [0.2, 0.25) is 0 Å². The van der Waals surface area contributed by atoms with Crippen LogP contribution in [-0.2, 0) is 14.3 Å². The lowest BCUT2D eigenvalue weighted by Crippen LogP contribution is -2.46. The van der Waals surface area contributed by atoms with E-state index >= 15 is 0 Å². The van der Waals surface area contributed by atoms with Gasteiger partial charge >= 0.3 is 5.97 Å². The summed E-state index contributed by atoms with van der Waals surface area (Å²) in [4.78, 5) is 26.2. The van der Waals surface area contributed by atoms with Gasteiger partial charge < -0.3 is 20.3 Å². The monoisotopic (exact) mass is 930 g/mol. The molecule has 6 nitrogen and oxygen atoms in total. The number of hydrogen-bond donors (Lipinski definition) is 3. The molecule has 6 heteroatoms. The molecule has 0 radical (unpaired) electrons. The highest BCUT2D eigenvalue weighted by molar-refractivity contribution is 5.77. The first-order valence-corrected chi connectivity index (χ1v) is 27.7. The Labute approximate surface area is 413 Å². The Hall–Kier alpha value is -3.48. The van der Waals surface area contributed by atoms with E-state index in [1.165, 1.54) is 103 Å². The van der Waals surface area contributed by atoms with Gasteiger partial charge in [0.15, 0.2) is 0 Å². The molecule has 67 heavy (non-hydrogen) atoms. The number of rotatable bonds is 48. The third kappa shape index (κ3) is 48.8. The van der Waals surface area contributed by atoms with Crippen LogP contribution in [0.15, 0.2) is 109 Å². The molecule has 0 saturated heterocycles. The van der Waals surface area contributed by atoms with Crippen LogP contribution in [0.1, 0.15) is 239 Å². The molecule has 0 aliphatic heterocycles. The summed E-state index contributed by atoms with van der Waals surface area (Å²) in [5.74, 6) is -0.611. The molecule has 382 valence electrons. The summed E-state index contributed by atoms with van der Waals surface area (Å²) in [7, 11) is 0. The summed E-state index contributed by atoms with van der Waals surface area (Å²) < 4.78 is 5.87. The minimum atomic E-state index is -0.823. The lowest BCUT2D eigenvalue weighted by atomic mass is 10.0. The highest BCUT2D eigenvalue weighted by atomic mass is 16.5. The number of carbonyl (C=O) groups excluding carboxylic acids is 2. The normalized spacial score (nSPS) is 14.0. The largest absolute Gasteiger partial charge is 0.461 e. The predicted octanol–water partition coefficient (Wildman–Crippen LogP) is 17.1. The highest BCUT2D eigenvalue weighted by Gasteiger charge is 2.23. The van der Waals surface area contributed by atoms with Gasteiger partial charge in [0, 0.05) is 12.8 Å². The third-order valence-electron chi connectivity index (χ3n) is 11.9. The molecule has 3 atom stereocenters. The van der Waals surface area contributed by atoms with Crippen LogP contribution in [0, 0.1) is 0 Å². The molecule has 0 aromatic carbocycles. The van der Waals surface area contributed by atoms with Crippen molar-refractivity contribution in [3.63, 3.8) is 0 Å². The van der Waals surface area contributed by atoms with Crippen LogP contribution >= 0.6 is 0 Å². The molecule has 0 spiro atoms. The standard InChI is InChI=1S/C61H103NO5/c1-4-7-10-13-16-19-22-25-28-29-30-33-36-39-42-45-48-51-54-61(66)67-57(52-49-46-43-40-37-34-31-26-23-20-17-14-11-8-5-2)55-60(65)62-58(56-63)59(64)53-50-47-44-41-38-35-32-27-24-21-18-15-12-9-6-3/h10,13,16-17,19-20,22,25-26,28-31,33,37,40,46,49,57-59,63-64H,4-9,11-12,14-15,18,21,23-24,27,32,34-36,38-39,41-45,47-48,50-56H2,1-3H3,(H,62,65)/b13-10+,19-16+,20-17-,25-22+,29-28+,31-26-,33-30+,40-37-,49-46-. The van der Waals surface area contributed by atoms with Crippen molar-refractivity contribution in [2.45, 2.75) is 257 Å². The molecule has 0 saturated carbocycles.